The van der Waals surface area contributed by atoms with Gasteiger partial charge in [-0.1, -0.05) is 0 Å². The van der Waals surface area contributed by atoms with Gasteiger partial charge < -0.3 is 5.73 Å². The van der Waals surface area contributed by atoms with E-state index in [1.54, 1.807) is 0 Å². The van der Waals surface area contributed by atoms with Gasteiger partial charge in [0.1, 0.15) is 11.8 Å². The van der Waals surface area contributed by atoms with Gasteiger partial charge in [-0.2, -0.15) is 18.4 Å². The topological polar surface area (TPSA) is 62.7 Å². The minimum atomic E-state index is -5.05. The first-order valence-corrected chi connectivity index (χ1v) is 4.30. The number of rotatable bonds is 2. The van der Waals surface area contributed by atoms with E-state index in [4.69, 9.17) is 11.0 Å². The van der Waals surface area contributed by atoms with E-state index < -0.39 is 41.7 Å². The Labute approximate surface area is 92.7 Å². The average molecular weight is 251 g/mol. The lowest BCUT2D eigenvalue weighted by molar-refractivity contribution is -0.143. The van der Waals surface area contributed by atoms with Gasteiger partial charge in [-0.05, 0) is 11.6 Å². The molecule has 0 saturated carbocycles. The van der Waals surface area contributed by atoms with Crippen molar-refractivity contribution in [1.29, 1.82) is 5.26 Å². The molecule has 0 spiro atoms. The van der Waals surface area contributed by atoms with Crippen LogP contribution in [-0.2, 0) is 12.7 Å². The molecule has 0 aliphatic heterocycles. The second-order valence-electron chi connectivity index (χ2n) is 3.04. The highest BCUT2D eigenvalue weighted by molar-refractivity contribution is 5.39. The maximum Gasteiger partial charge on any atom is 0.433 e. The van der Waals surface area contributed by atoms with E-state index in [-0.39, 0.29) is 0 Å². The van der Waals surface area contributed by atoms with Crippen LogP contribution in [0.15, 0.2) is 6.07 Å². The van der Waals surface area contributed by atoms with E-state index in [1.165, 1.54) is 6.07 Å². The summed E-state index contributed by atoms with van der Waals surface area (Å²) in [7, 11) is 0. The molecule has 0 aliphatic rings. The fourth-order valence-corrected chi connectivity index (χ4v) is 1.29. The van der Waals surface area contributed by atoms with E-state index in [1.807, 2.05) is 0 Å². The molecule has 0 radical (unpaired) electrons. The van der Waals surface area contributed by atoms with Crippen molar-refractivity contribution in [3.05, 3.63) is 28.6 Å². The lowest BCUT2D eigenvalue weighted by Gasteiger charge is -2.14. The second kappa shape index (κ2) is 4.63. The van der Waals surface area contributed by atoms with Gasteiger partial charge in [0.2, 0.25) is 0 Å². The molecule has 1 heterocycles. The summed E-state index contributed by atoms with van der Waals surface area (Å²) < 4.78 is 62.6. The standard InChI is InChI=1S/C9H6F5N3/c10-8(11)6-4(2-15)1-5(3-16)17-7(6)9(12,13)14/h1,8H,2,15H2. The molecular weight excluding hydrogens is 245 g/mol. The van der Waals surface area contributed by atoms with Gasteiger partial charge in [-0.25, -0.2) is 13.8 Å². The zero-order valence-electron chi connectivity index (χ0n) is 8.22. The third kappa shape index (κ3) is 2.68. The molecule has 2 N–H and O–H groups in total. The number of hydrogen-bond acceptors (Lipinski definition) is 3. The summed E-state index contributed by atoms with van der Waals surface area (Å²) in [5.41, 5.74) is 1.04. The molecule has 8 heteroatoms. The van der Waals surface area contributed by atoms with E-state index in [9.17, 15) is 22.0 Å². The van der Waals surface area contributed by atoms with Crippen LogP contribution in [0.25, 0.3) is 0 Å². The molecule has 0 saturated heterocycles. The summed E-state index contributed by atoms with van der Waals surface area (Å²) in [5.74, 6) is 0. The van der Waals surface area contributed by atoms with Crippen molar-refractivity contribution in [2.75, 3.05) is 0 Å². The number of nitriles is 1. The van der Waals surface area contributed by atoms with Crippen LogP contribution in [0.1, 0.15) is 28.9 Å². The largest absolute Gasteiger partial charge is 0.433 e. The Bertz CT molecular complexity index is 461. The lowest BCUT2D eigenvalue weighted by Crippen LogP contribution is -2.17. The predicted molar refractivity (Wildman–Crippen MR) is 46.8 cm³/mol. The lowest BCUT2D eigenvalue weighted by atomic mass is 10.0. The van der Waals surface area contributed by atoms with Crippen molar-refractivity contribution in [3.8, 4) is 6.07 Å². The molecule has 0 bridgehead atoms. The van der Waals surface area contributed by atoms with Crippen LogP contribution in [0.2, 0.25) is 0 Å². The van der Waals surface area contributed by atoms with Crippen LogP contribution in [0, 0.1) is 11.3 Å². The summed E-state index contributed by atoms with van der Waals surface area (Å²) in [6.45, 7) is -0.528. The third-order valence-corrected chi connectivity index (χ3v) is 1.97. The van der Waals surface area contributed by atoms with Crippen LogP contribution in [0.3, 0.4) is 0 Å². The molecule has 17 heavy (non-hydrogen) atoms. The van der Waals surface area contributed by atoms with Crippen molar-refractivity contribution < 1.29 is 22.0 Å². The van der Waals surface area contributed by atoms with Gasteiger partial charge in [0, 0.05) is 6.54 Å². The van der Waals surface area contributed by atoms with Crippen LogP contribution in [0.5, 0.6) is 0 Å². The molecule has 0 unspecified atom stereocenters. The minimum Gasteiger partial charge on any atom is -0.326 e. The third-order valence-electron chi connectivity index (χ3n) is 1.97. The molecule has 1 rings (SSSR count). The van der Waals surface area contributed by atoms with Gasteiger partial charge >= 0.3 is 6.18 Å². The van der Waals surface area contributed by atoms with Crippen LogP contribution in [-0.4, -0.2) is 4.98 Å². The Morgan fingerprint density at radius 2 is 2.00 bits per heavy atom. The molecule has 0 amide bonds. The number of halogens is 5. The minimum absolute atomic E-state index is 0.432. The first-order valence-electron chi connectivity index (χ1n) is 4.30. The molecule has 0 fully saturated rings. The van der Waals surface area contributed by atoms with Crippen LogP contribution < -0.4 is 5.73 Å². The van der Waals surface area contributed by atoms with Crippen LogP contribution in [0.4, 0.5) is 22.0 Å². The highest BCUT2D eigenvalue weighted by Gasteiger charge is 2.39. The van der Waals surface area contributed by atoms with E-state index in [0.717, 1.165) is 6.07 Å². The number of alkyl halides is 5. The maximum atomic E-state index is 12.6. The number of pyridine rings is 1. The molecule has 1 aromatic rings. The zero-order chi connectivity index (χ0) is 13.2. The molecule has 92 valence electrons. The maximum absolute atomic E-state index is 12.6. The number of nitrogens with two attached hydrogens (primary N) is 1. The van der Waals surface area contributed by atoms with E-state index >= 15 is 0 Å². The molecule has 0 aromatic carbocycles. The molecule has 1 aromatic heterocycles. The van der Waals surface area contributed by atoms with Crippen molar-refractivity contribution in [3.63, 3.8) is 0 Å². The van der Waals surface area contributed by atoms with Crippen molar-refractivity contribution in [1.82, 2.24) is 4.98 Å². The average Bonchev–Trinajstić information content (AvgIpc) is 2.25. The van der Waals surface area contributed by atoms with Crippen molar-refractivity contribution in [2.45, 2.75) is 19.1 Å². The van der Waals surface area contributed by atoms with Crippen molar-refractivity contribution in [2.24, 2.45) is 5.73 Å². The quantitative estimate of drug-likeness (QED) is 0.820. The smallest absolute Gasteiger partial charge is 0.326 e. The highest BCUT2D eigenvalue weighted by atomic mass is 19.4. The number of hydrogen-bond donors (Lipinski definition) is 1. The normalized spacial score (nSPS) is 11.6. The zero-order valence-corrected chi connectivity index (χ0v) is 8.22. The molecule has 0 atom stereocenters. The second-order valence-corrected chi connectivity index (χ2v) is 3.04. The number of aromatic nitrogens is 1. The first-order chi connectivity index (χ1) is 7.81. The SMILES string of the molecule is N#Cc1cc(CN)c(C(F)F)c(C(F)(F)F)n1. The molecular formula is C9H6F5N3. The summed E-state index contributed by atoms with van der Waals surface area (Å²) in [4.78, 5) is 2.87. The van der Waals surface area contributed by atoms with Gasteiger partial charge in [0.15, 0.2) is 5.69 Å². The first kappa shape index (κ1) is 13.3. The fourth-order valence-electron chi connectivity index (χ4n) is 1.29. The Morgan fingerprint density at radius 1 is 1.41 bits per heavy atom. The highest BCUT2D eigenvalue weighted by Crippen LogP contribution is 2.36. The van der Waals surface area contributed by atoms with Gasteiger partial charge in [0.05, 0.1) is 5.56 Å². The number of nitrogens with zero attached hydrogens (tertiary/aromatic N) is 2. The Hall–Kier alpha value is -1.75. The Kier molecular flexibility index (Phi) is 3.63. The van der Waals surface area contributed by atoms with E-state index in [2.05, 4.69) is 4.98 Å². The van der Waals surface area contributed by atoms with E-state index in [0.29, 0.717) is 0 Å². The fraction of sp³-hybridized carbons (Fsp3) is 0.333. The monoisotopic (exact) mass is 251 g/mol. The Morgan fingerprint density at radius 3 is 2.35 bits per heavy atom. The molecule has 3 nitrogen and oxygen atoms in total. The predicted octanol–water partition coefficient (Wildman–Crippen LogP) is 2.37. The summed E-state index contributed by atoms with van der Waals surface area (Å²) >= 11 is 0. The van der Waals surface area contributed by atoms with Gasteiger partial charge in [-0.15, -0.1) is 0 Å². The molecule has 0 aliphatic carbocycles. The summed E-state index contributed by atoms with van der Waals surface area (Å²) in [6.07, 6.45) is -8.41. The Balaban J connectivity index is 3.60. The van der Waals surface area contributed by atoms with Gasteiger partial charge in [-0.3, -0.25) is 0 Å². The summed E-state index contributed by atoms with van der Waals surface area (Å²) in [5, 5.41) is 8.47. The summed E-state index contributed by atoms with van der Waals surface area (Å²) in [6, 6.07) is 2.20. The van der Waals surface area contributed by atoms with Crippen LogP contribution >= 0.6 is 0 Å². The van der Waals surface area contributed by atoms with Crippen molar-refractivity contribution >= 4 is 0 Å². The van der Waals surface area contributed by atoms with Gasteiger partial charge in [0.25, 0.3) is 6.43 Å².